The van der Waals surface area contributed by atoms with Crippen LogP contribution in [0.15, 0.2) is 41.3 Å². The van der Waals surface area contributed by atoms with Gasteiger partial charge in [-0.2, -0.15) is 0 Å². The Morgan fingerprint density at radius 2 is 2.15 bits per heavy atom. The van der Waals surface area contributed by atoms with E-state index in [4.69, 9.17) is 4.74 Å². The number of hydrogen-bond donors (Lipinski definition) is 2. The summed E-state index contributed by atoms with van der Waals surface area (Å²) in [6.07, 6.45) is 1.91. The summed E-state index contributed by atoms with van der Waals surface area (Å²) in [4.78, 5) is 18.8. The standard InChI is InChI=1S/C19H25N5O2/c1-19(14-11-26-12-14)13-20-8-9-24(19)15-6-7-16(21-10-15)22-17-4-3-5-18(25)23(17)2/h3-7,10,14,20H,8-9,11-13H2,1-2H3,(H,21,22). The lowest BCUT2D eigenvalue weighted by molar-refractivity contribution is -0.0692. The maximum Gasteiger partial charge on any atom is 0.251 e. The van der Waals surface area contributed by atoms with Crippen LogP contribution in [0.25, 0.3) is 0 Å². The molecule has 0 radical (unpaired) electrons. The summed E-state index contributed by atoms with van der Waals surface area (Å²) in [5.74, 6) is 1.97. The number of piperazine rings is 1. The predicted octanol–water partition coefficient (Wildman–Crippen LogP) is 1.34. The molecule has 4 rings (SSSR count). The molecule has 2 N–H and O–H groups in total. The maximum atomic E-state index is 11.7. The minimum absolute atomic E-state index is 0.0381. The van der Waals surface area contributed by atoms with Crippen LogP contribution in [0.1, 0.15) is 6.92 Å². The van der Waals surface area contributed by atoms with Crippen LogP contribution in [0.4, 0.5) is 17.3 Å². The van der Waals surface area contributed by atoms with E-state index in [0.717, 1.165) is 50.2 Å². The number of ether oxygens (including phenoxy) is 1. The average Bonchev–Trinajstić information content (AvgIpc) is 2.58. The molecule has 2 fully saturated rings. The molecule has 2 aliphatic rings. The highest BCUT2D eigenvalue weighted by molar-refractivity contribution is 5.57. The largest absolute Gasteiger partial charge is 0.381 e. The first kappa shape index (κ1) is 17.1. The molecule has 0 spiro atoms. The highest BCUT2D eigenvalue weighted by atomic mass is 16.5. The lowest BCUT2D eigenvalue weighted by Crippen LogP contribution is -2.67. The summed E-state index contributed by atoms with van der Waals surface area (Å²) in [5.41, 5.74) is 1.11. The molecule has 2 aromatic heterocycles. The number of aromatic nitrogens is 2. The van der Waals surface area contributed by atoms with Gasteiger partial charge in [0.05, 0.1) is 30.6 Å². The monoisotopic (exact) mass is 355 g/mol. The minimum Gasteiger partial charge on any atom is -0.381 e. The Kier molecular flexibility index (Phi) is 4.42. The highest BCUT2D eigenvalue weighted by Crippen LogP contribution is 2.35. The van der Waals surface area contributed by atoms with Crippen LogP contribution >= 0.6 is 0 Å². The molecule has 1 unspecified atom stereocenters. The summed E-state index contributed by atoms with van der Waals surface area (Å²) in [5, 5.41) is 6.73. The zero-order valence-corrected chi connectivity index (χ0v) is 15.2. The molecule has 0 saturated carbocycles. The number of nitrogens with zero attached hydrogens (tertiary/aromatic N) is 3. The van der Waals surface area contributed by atoms with Gasteiger partial charge in [0.1, 0.15) is 11.6 Å². The van der Waals surface area contributed by atoms with Gasteiger partial charge in [-0.1, -0.05) is 6.07 Å². The van der Waals surface area contributed by atoms with Crippen molar-refractivity contribution in [3.8, 4) is 0 Å². The number of hydrogen-bond acceptors (Lipinski definition) is 6. The zero-order valence-electron chi connectivity index (χ0n) is 15.2. The van der Waals surface area contributed by atoms with Gasteiger partial charge in [0, 0.05) is 38.7 Å². The Morgan fingerprint density at radius 1 is 1.31 bits per heavy atom. The van der Waals surface area contributed by atoms with Gasteiger partial charge in [0.15, 0.2) is 0 Å². The molecule has 1 atom stereocenters. The second-order valence-electron chi connectivity index (χ2n) is 7.25. The van der Waals surface area contributed by atoms with Crippen molar-refractivity contribution >= 4 is 17.3 Å². The van der Waals surface area contributed by atoms with E-state index in [1.807, 2.05) is 18.3 Å². The van der Waals surface area contributed by atoms with Crippen LogP contribution < -0.4 is 21.1 Å². The lowest BCUT2D eigenvalue weighted by Gasteiger charge is -2.53. The van der Waals surface area contributed by atoms with Gasteiger partial charge in [0.25, 0.3) is 5.56 Å². The molecule has 7 nitrogen and oxygen atoms in total. The molecule has 0 bridgehead atoms. The van der Waals surface area contributed by atoms with Crippen molar-refractivity contribution in [1.82, 2.24) is 14.9 Å². The first-order valence-corrected chi connectivity index (χ1v) is 9.03. The summed E-state index contributed by atoms with van der Waals surface area (Å²) in [6.45, 7) is 6.82. The Labute approximate surface area is 153 Å². The molecule has 2 aliphatic heterocycles. The van der Waals surface area contributed by atoms with E-state index in [-0.39, 0.29) is 11.1 Å². The maximum absolute atomic E-state index is 11.7. The van der Waals surface area contributed by atoms with Gasteiger partial charge in [-0.25, -0.2) is 4.98 Å². The van der Waals surface area contributed by atoms with Crippen molar-refractivity contribution < 1.29 is 4.74 Å². The first-order chi connectivity index (χ1) is 12.6. The van der Waals surface area contributed by atoms with Crippen molar-refractivity contribution in [2.45, 2.75) is 12.5 Å². The van der Waals surface area contributed by atoms with Crippen LogP contribution in [-0.4, -0.2) is 47.9 Å². The summed E-state index contributed by atoms with van der Waals surface area (Å²) >= 11 is 0. The normalized spacial score (nSPS) is 23.5. The van der Waals surface area contributed by atoms with Crippen molar-refractivity contribution in [2.75, 3.05) is 43.1 Å². The van der Waals surface area contributed by atoms with E-state index in [2.05, 4.69) is 33.5 Å². The highest BCUT2D eigenvalue weighted by Gasteiger charge is 2.45. The summed E-state index contributed by atoms with van der Waals surface area (Å²) in [7, 11) is 1.74. The quantitative estimate of drug-likeness (QED) is 0.862. The fraction of sp³-hybridized carbons (Fsp3) is 0.474. The lowest BCUT2D eigenvalue weighted by atomic mass is 9.80. The third kappa shape index (κ3) is 2.97. The topological polar surface area (TPSA) is 71.4 Å². The molecule has 26 heavy (non-hydrogen) atoms. The minimum atomic E-state index is -0.0501. The van der Waals surface area contributed by atoms with Crippen LogP contribution in [0.3, 0.4) is 0 Å². The van der Waals surface area contributed by atoms with Crippen LogP contribution in [0.5, 0.6) is 0 Å². The summed E-state index contributed by atoms with van der Waals surface area (Å²) in [6, 6.07) is 9.20. The van der Waals surface area contributed by atoms with Crippen LogP contribution in [0.2, 0.25) is 0 Å². The van der Waals surface area contributed by atoms with Crippen molar-refractivity contribution in [3.05, 3.63) is 46.9 Å². The van der Waals surface area contributed by atoms with E-state index in [1.165, 1.54) is 6.07 Å². The molecule has 0 aromatic carbocycles. The molecule has 138 valence electrons. The first-order valence-electron chi connectivity index (χ1n) is 9.03. The number of anilines is 3. The van der Waals surface area contributed by atoms with E-state index >= 15 is 0 Å². The predicted molar refractivity (Wildman–Crippen MR) is 102 cm³/mol. The van der Waals surface area contributed by atoms with Gasteiger partial charge in [0.2, 0.25) is 0 Å². The van der Waals surface area contributed by atoms with Crippen molar-refractivity contribution in [3.63, 3.8) is 0 Å². The van der Waals surface area contributed by atoms with Gasteiger partial charge in [-0.3, -0.25) is 9.36 Å². The van der Waals surface area contributed by atoms with E-state index in [1.54, 1.807) is 17.7 Å². The SMILES string of the molecule is Cn1c(Nc2ccc(N3CCNCC3(C)C3COC3)cn2)cccc1=O. The molecule has 0 amide bonds. The molecule has 2 saturated heterocycles. The van der Waals surface area contributed by atoms with Gasteiger partial charge in [-0.15, -0.1) is 0 Å². The third-order valence-corrected chi connectivity index (χ3v) is 5.63. The van der Waals surface area contributed by atoms with Crippen molar-refractivity contribution in [1.29, 1.82) is 0 Å². The fourth-order valence-corrected chi connectivity index (χ4v) is 3.71. The average molecular weight is 355 g/mol. The van der Waals surface area contributed by atoms with E-state index < -0.39 is 0 Å². The van der Waals surface area contributed by atoms with Gasteiger partial charge >= 0.3 is 0 Å². The Bertz CT molecular complexity index is 831. The number of pyridine rings is 2. The molecular formula is C19H25N5O2. The van der Waals surface area contributed by atoms with E-state index in [9.17, 15) is 4.79 Å². The van der Waals surface area contributed by atoms with Gasteiger partial charge in [-0.05, 0) is 25.1 Å². The second kappa shape index (κ2) is 6.74. The van der Waals surface area contributed by atoms with Gasteiger partial charge < -0.3 is 20.3 Å². The van der Waals surface area contributed by atoms with Crippen molar-refractivity contribution in [2.24, 2.45) is 13.0 Å². The van der Waals surface area contributed by atoms with E-state index in [0.29, 0.717) is 5.92 Å². The molecule has 2 aromatic rings. The molecule has 4 heterocycles. The summed E-state index contributed by atoms with van der Waals surface area (Å²) < 4.78 is 7.00. The molecular weight excluding hydrogens is 330 g/mol. The van der Waals surface area contributed by atoms with Crippen LogP contribution in [0, 0.1) is 5.92 Å². The Morgan fingerprint density at radius 3 is 2.85 bits per heavy atom. The zero-order chi connectivity index (χ0) is 18.1. The smallest absolute Gasteiger partial charge is 0.251 e. The molecule has 0 aliphatic carbocycles. The second-order valence-corrected chi connectivity index (χ2v) is 7.25. The van der Waals surface area contributed by atoms with Crippen LogP contribution in [-0.2, 0) is 11.8 Å². The Balaban J connectivity index is 1.55. The molecule has 7 heteroatoms. The third-order valence-electron chi connectivity index (χ3n) is 5.63. The number of nitrogens with one attached hydrogen (secondary N) is 2. The fourth-order valence-electron chi connectivity index (χ4n) is 3.71. The Hall–Kier alpha value is -2.38. The number of rotatable bonds is 4.